The van der Waals surface area contributed by atoms with Crippen LogP contribution in [0.5, 0.6) is 0 Å². The van der Waals surface area contributed by atoms with Crippen LogP contribution < -0.4 is 5.32 Å². The second kappa shape index (κ2) is 6.16. The van der Waals surface area contributed by atoms with Crippen molar-refractivity contribution < 1.29 is 0 Å². The van der Waals surface area contributed by atoms with Gasteiger partial charge >= 0.3 is 0 Å². The fourth-order valence-corrected chi connectivity index (χ4v) is 2.32. The molecule has 0 bridgehead atoms. The van der Waals surface area contributed by atoms with E-state index in [1.165, 1.54) is 18.4 Å². The number of nitrogens with one attached hydrogen (secondary N) is 1. The molecule has 1 aliphatic rings. The third-order valence-electron chi connectivity index (χ3n) is 2.54. The van der Waals surface area contributed by atoms with Gasteiger partial charge in [0.05, 0.1) is 6.54 Å². The molecule has 0 radical (unpaired) electrons. The molecule has 1 heterocycles. The largest absolute Gasteiger partial charge is 0.312 e. The SMILES string of the molecule is CC(C)=CCSc1nnnn1CCNC1CC1. The van der Waals surface area contributed by atoms with Crippen LogP contribution in [0.4, 0.5) is 0 Å². The average molecular weight is 253 g/mol. The maximum atomic E-state index is 4.03. The number of hydrogen-bond acceptors (Lipinski definition) is 5. The molecule has 0 amide bonds. The monoisotopic (exact) mass is 253 g/mol. The number of tetrazole rings is 1. The summed E-state index contributed by atoms with van der Waals surface area (Å²) >= 11 is 1.68. The van der Waals surface area contributed by atoms with E-state index in [-0.39, 0.29) is 0 Å². The number of rotatable bonds is 7. The topological polar surface area (TPSA) is 55.6 Å². The summed E-state index contributed by atoms with van der Waals surface area (Å²) in [7, 11) is 0. The molecule has 1 saturated carbocycles. The first-order valence-electron chi connectivity index (χ1n) is 6.01. The molecule has 0 saturated heterocycles. The van der Waals surface area contributed by atoms with Crippen LogP contribution in [0.3, 0.4) is 0 Å². The van der Waals surface area contributed by atoms with Gasteiger partial charge in [-0.2, -0.15) is 0 Å². The van der Waals surface area contributed by atoms with Crippen LogP contribution in [0.25, 0.3) is 0 Å². The smallest absolute Gasteiger partial charge is 0.209 e. The van der Waals surface area contributed by atoms with E-state index < -0.39 is 0 Å². The summed E-state index contributed by atoms with van der Waals surface area (Å²) in [5.74, 6) is 0.929. The third-order valence-corrected chi connectivity index (χ3v) is 3.42. The van der Waals surface area contributed by atoms with Crippen molar-refractivity contribution in [2.75, 3.05) is 12.3 Å². The Morgan fingerprint density at radius 2 is 2.35 bits per heavy atom. The van der Waals surface area contributed by atoms with Gasteiger partial charge in [0, 0.05) is 18.3 Å². The standard InChI is InChI=1S/C11H19N5S/c1-9(2)5-8-17-11-13-14-15-16(11)7-6-12-10-3-4-10/h5,10,12H,3-4,6-8H2,1-2H3. The van der Waals surface area contributed by atoms with Gasteiger partial charge in [0.25, 0.3) is 0 Å². The van der Waals surface area contributed by atoms with E-state index in [1.807, 2.05) is 4.68 Å². The maximum absolute atomic E-state index is 4.03. The third kappa shape index (κ3) is 4.47. The van der Waals surface area contributed by atoms with Crippen LogP contribution in [0, 0.1) is 0 Å². The summed E-state index contributed by atoms with van der Waals surface area (Å²) in [6.07, 6.45) is 4.82. The van der Waals surface area contributed by atoms with Gasteiger partial charge in [0.1, 0.15) is 0 Å². The number of aromatic nitrogens is 4. The van der Waals surface area contributed by atoms with Crippen molar-refractivity contribution >= 4 is 11.8 Å². The van der Waals surface area contributed by atoms with Crippen LogP contribution in [0.1, 0.15) is 26.7 Å². The Balaban J connectivity index is 1.76. The Morgan fingerprint density at radius 1 is 1.53 bits per heavy atom. The van der Waals surface area contributed by atoms with Gasteiger partial charge < -0.3 is 5.32 Å². The first-order valence-corrected chi connectivity index (χ1v) is 7.00. The molecule has 1 fully saturated rings. The van der Waals surface area contributed by atoms with Crippen molar-refractivity contribution in [3.63, 3.8) is 0 Å². The van der Waals surface area contributed by atoms with Crippen LogP contribution in [-0.4, -0.2) is 38.5 Å². The summed E-state index contributed by atoms with van der Waals surface area (Å²) in [6, 6.07) is 0.744. The minimum atomic E-state index is 0.744. The molecule has 0 unspecified atom stereocenters. The Morgan fingerprint density at radius 3 is 3.06 bits per heavy atom. The van der Waals surface area contributed by atoms with Crippen molar-refractivity contribution in [3.8, 4) is 0 Å². The van der Waals surface area contributed by atoms with Crippen LogP contribution in [0.15, 0.2) is 16.8 Å². The van der Waals surface area contributed by atoms with Gasteiger partial charge in [-0.15, -0.1) is 5.10 Å². The van der Waals surface area contributed by atoms with Crippen LogP contribution in [0.2, 0.25) is 0 Å². The fourth-order valence-electron chi connectivity index (χ4n) is 1.39. The zero-order valence-corrected chi connectivity index (χ0v) is 11.2. The van der Waals surface area contributed by atoms with E-state index in [9.17, 15) is 0 Å². The molecular weight excluding hydrogens is 234 g/mol. The zero-order valence-electron chi connectivity index (χ0n) is 10.4. The number of thioether (sulfide) groups is 1. The van der Waals surface area contributed by atoms with Gasteiger partial charge in [0.15, 0.2) is 0 Å². The van der Waals surface area contributed by atoms with Gasteiger partial charge in [-0.3, -0.25) is 0 Å². The molecule has 0 aromatic carbocycles. The van der Waals surface area contributed by atoms with Gasteiger partial charge in [0.2, 0.25) is 5.16 Å². The maximum Gasteiger partial charge on any atom is 0.209 e. The highest BCUT2D eigenvalue weighted by atomic mass is 32.2. The van der Waals surface area contributed by atoms with Crippen molar-refractivity contribution in [2.45, 2.75) is 44.4 Å². The Labute approximate surface area is 106 Å². The van der Waals surface area contributed by atoms with Crippen LogP contribution >= 0.6 is 11.8 Å². The quantitative estimate of drug-likeness (QED) is 0.589. The molecule has 0 atom stereocenters. The predicted molar refractivity (Wildman–Crippen MR) is 69.0 cm³/mol. The lowest BCUT2D eigenvalue weighted by Crippen LogP contribution is -2.22. The first kappa shape index (κ1) is 12.6. The van der Waals surface area contributed by atoms with Crippen molar-refractivity contribution in [1.82, 2.24) is 25.5 Å². The molecular formula is C11H19N5S. The molecule has 5 nitrogen and oxygen atoms in total. The normalized spacial score (nSPS) is 14.9. The summed E-state index contributed by atoms with van der Waals surface area (Å²) in [6.45, 7) is 6.00. The molecule has 1 aromatic rings. The minimum absolute atomic E-state index is 0.744. The summed E-state index contributed by atoms with van der Waals surface area (Å²) in [5.41, 5.74) is 1.33. The summed E-state index contributed by atoms with van der Waals surface area (Å²) in [4.78, 5) is 0. The van der Waals surface area contributed by atoms with E-state index in [0.717, 1.165) is 30.0 Å². The fraction of sp³-hybridized carbons (Fsp3) is 0.727. The molecule has 6 heteroatoms. The number of hydrogen-bond donors (Lipinski definition) is 1. The molecule has 2 rings (SSSR count). The molecule has 1 N–H and O–H groups in total. The van der Waals surface area contributed by atoms with E-state index in [4.69, 9.17) is 0 Å². The van der Waals surface area contributed by atoms with E-state index in [1.54, 1.807) is 11.8 Å². The zero-order chi connectivity index (χ0) is 12.1. The molecule has 1 aromatic heterocycles. The summed E-state index contributed by atoms with van der Waals surface area (Å²) in [5, 5.41) is 16.1. The number of nitrogens with zero attached hydrogens (tertiary/aromatic N) is 4. The lowest BCUT2D eigenvalue weighted by molar-refractivity contribution is 0.510. The van der Waals surface area contributed by atoms with Gasteiger partial charge in [-0.1, -0.05) is 23.4 Å². The molecule has 17 heavy (non-hydrogen) atoms. The lowest BCUT2D eigenvalue weighted by Gasteiger charge is -2.04. The molecule has 0 spiro atoms. The molecule has 94 valence electrons. The molecule has 1 aliphatic carbocycles. The van der Waals surface area contributed by atoms with Crippen molar-refractivity contribution in [2.24, 2.45) is 0 Å². The highest BCUT2D eigenvalue weighted by Gasteiger charge is 2.19. The summed E-state index contributed by atoms with van der Waals surface area (Å²) < 4.78 is 1.87. The Kier molecular flexibility index (Phi) is 4.56. The molecule has 0 aliphatic heterocycles. The van der Waals surface area contributed by atoms with Crippen molar-refractivity contribution in [1.29, 1.82) is 0 Å². The lowest BCUT2D eigenvalue weighted by atomic mass is 10.3. The Hall–Kier alpha value is -0.880. The highest BCUT2D eigenvalue weighted by Crippen LogP contribution is 2.18. The second-order valence-electron chi connectivity index (χ2n) is 4.51. The van der Waals surface area contributed by atoms with Crippen LogP contribution in [-0.2, 0) is 6.54 Å². The van der Waals surface area contributed by atoms with E-state index >= 15 is 0 Å². The average Bonchev–Trinajstić information content (AvgIpc) is 2.99. The van der Waals surface area contributed by atoms with E-state index in [0.29, 0.717) is 0 Å². The Bertz CT molecular complexity index is 379. The van der Waals surface area contributed by atoms with Gasteiger partial charge in [-0.25, -0.2) is 4.68 Å². The number of allylic oxidation sites excluding steroid dienone is 1. The van der Waals surface area contributed by atoms with Crippen molar-refractivity contribution in [3.05, 3.63) is 11.6 Å². The van der Waals surface area contributed by atoms with Gasteiger partial charge in [-0.05, 0) is 37.1 Å². The predicted octanol–water partition coefficient (Wildman–Crippen LogP) is 1.48. The minimum Gasteiger partial charge on any atom is -0.312 e. The second-order valence-corrected chi connectivity index (χ2v) is 5.49. The highest BCUT2D eigenvalue weighted by molar-refractivity contribution is 7.99. The first-order chi connectivity index (χ1) is 8.25. The van der Waals surface area contributed by atoms with E-state index in [2.05, 4.69) is 40.8 Å².